The summed E-state index contributed by atoms with van der Waals surface area (Å²) in [4.78, 5) is 38.7. The van der Waals surface area contributed by atoms with Crippen LogP contribution in [0.1, 0.15) is 15.9 Å². The highest BCUT2D eigenvalue weighted by molar-refractivity contribution is 9.10. The Balaban J connectivity index is 1.81. The van der Waals surface area contributed by atoms with E-state index in [0.29, 0.717) is 10.0 Å². The molecule has 0 fully saturated rings. The second kappa shape index (κ2) is 5.76. The van der Waals surface area contributed by atoms with E-state index in [0.717, 1.165) is 5.56 Å². The summed E-state index contributed by atoms with van der Waals surface area (Å²) < 4.78 is 5.44. The third kappa shape index (κ3) is 2.67. The molecular formula is C15H11BrN2O4. The number of cyclic esters (lactones) is 1. The number of H-pyrrole nitrogens is 1. The van der Waals surface area contributed by atoms with Gasteiger partial charge in [-0.05, 0) is 27.6 Å². The second-order valence-corrected chi connectivity index (χ2v) is 5.64. The van der Waals surface area contributed by atoms with Gasteiger partial charge in [-0.15, -0.1) is 0 Å². The number of fused-ring (bicyclic) bond motifs is 1. The van der Waals surface area contributed by atoms with Gasteiger partial charge in [0.15, 0.2) is 6.10 Å². The van der Waals surface area contributed by atoms with Crippen molar-refractivity contribution in [1.29, 1.82) is 0 Å². The van der Waals surface area contributed by atoms with Crippen molar-refractivity contribution in [2.75, 3.05) is 5.32 Å². The Morgan fingerprint density at radius 1 is 1.27 bits per heavy atom. The minimum Gasteiger partial charge on any atom is -0.448 e. The summed E-state index contributed by atoms with van der Waals surface area (Å²) in [7, 11) is 0. The second-order valence-electron chi connectivity index (χ2n) is 4.79. The van der Waals surface area contributed by atoms with Crippen molar-refractivity contribution in [1.82, 2.24) is 4.98 Å². The number of carbonyl (C=O) groups is 2. The SMILES string of the molecule is O=C1O[C@H](C(=O)Nc2c[nH]cc(Br)c2=O)Cc2ccccc21. The molecule has 0 unspecified atom stereocenters. The zero-order valence-electron chi connectivity index (χ0n) is 11.3. The van der Waals surface area contributed by atoms with Crippen molar-refractivity contribution in [3.8, 4) is 0 Å². The van der Waals surface area contributed by atoms with Gasteiger partial charge in [-0.1, -0.05) is 18.2 Å². The van der Waals surface area contributed by atoms with Crippen LogP contribution >= 0.6 is 15.9 Å². The summed E-state index contributed by atoms with van der Waals surface area (Å²) in [6.07, 6.45) is 2.17. The number of ether oxygens (including phenoxy) is 1. The summed E-state index contributed by atoms with van der Waals surface area (Å²) >= 11 is 3.08. The largest absolute Gasteiger partial charge is 0.448 e. The average Bonchev–Trinajstić information content (AvgIpc) is 2.52. The van der Waals surface area contributed by atoms with Crippen LogP contribution < -0.4 is 10.7 Å². The summed E-state index contributed by atoms with van der Waals surface area (Å²) in [6.45, 7) is 0. The molecule has 1 aliphatic heterocycles. The number of anilines is 1. The normalized spacial score (nSPS) is 16.6. The fraction of sp³-hybridized carbons (Fsp3) is 0.133. The maximum absolute atomic E-state index is 12.2. The highest BCUT2D eigenvalue weighted by atomic mass is 79.9. The van der Waals surface area contributed by atoms with Crippen molar-refractivity contribution in [3.05, 3.63) is 62.5 Å². The molecule has 2 N–H and O–H groups in total. The standard InChI is InChI=1S/C15H11BrN2O4/c16-10-6-17-7-11(13(10)19)18-14(20)12-5-8-3-1-2-4-9(8)15(21)22-12/h1-4,6-7,12H,5H2,(H,17,19)(H,18,20)/t12-/m0/s1. The first-order valence-corrected chi connectivity index (χ1v) is 7.32. The van der Waals surface area contributed by atoms with E-state index in [1.807, 2.05) is 0 Å². The van der Waals surface area contributed by atoms with E-state index in [1.165, 1.54) is 12.4 Å². The number of carbonyl (C=O) groups excluding carboxylic acids is 2. The van der Waals surface area contributed by atoms with Gasteiger partial charge in [0.1, 0.15) is 5.69 Å². The zero-order chi connectivity index (χ0) is 15.7. The Hall–Kier alpha value is -2.41. The molecule has 22 heavy (non-hydrogen) atoms. The molecule has 3 rings (SSSR count). The monoisotopic (exact) mass is 362 g/mol. The molecule has 2 aromatic rings. The van der Waals surface area contributed by atoms with E-state index in [9.17, 15) is 14.4 Å². The van der Waals surface area contributed by atoms with E-state index >= 15 is 0 Å². The molecule has 0 saturated heterocycles. The lowest BCUT2D eigenvalue weighted by Crippen LogP contribution is -2.38. The number of amides is 1. The van der Waals surface area contributed by atoms with E-state index in [4.69, 9.17) is 4.74 Å². The van der Waals surface area contributed by atoms with E-state index in [1.54, 1.807) is 24.3 Å². The molecule has 2 heterocycles. The number of esters is 1. The van der Waals surface area contributed by atoms with Gasteiger partial charge >= 0.3 is 5.97 Å². The number of hydrogen-bond donors (Lipinski definition) is 2. The van der Waals surface area contributed by atoms with E-state index in [-0.39, 0.29) is 17.5 Å². The van der Waals surface area contributed by atoms with Crippen molar-refractivity contribution in [3.63, 3.8) is 0 Å². The lowest BCUT2D eigenvalue weighted by atomic mass is 9.98. The Morgan fingerprint density at radius 3 is 2.86 bits per heavy atom. The van der Waals surface area contributed by atoms with Crippen LogP contribution in [-0.2, 0) is 16.0 Å². The predicted molar refractivity (Wildman–Crippen MR) is 82.7 cm³/mol. The summed E-state index contributed by atoms with van der Waals surface area (Å²) in [5, 5.41) is 2.48. The Labute approximate surface area is 133 Å². The first-order valence-electron chi connectivity index (χ1n) is 6.52. The maximum Gasteiger partial charge on any atom is 0.339 e. The number of aromatic nitrogens is 1. The number of aromatic amines is 1. The molecule has 1 aromatic carbocycles. The lowest BCUT2D eigenvalue weighted by molar-refractivity contribution is -0.125. The molecule has 112 valence electrons. The van der Waals surface area contributed by atoms with Crippen molar-refractivity contribution < 1.29 is 14.3 Å². The van der Waals surface area contributed by atoms with Gasteiger partial charge in [0.05, 0.1) is 10.0 Å². The fourth-order valence-electron chi connectivity index (χ4n) is 2.24. The number of pyridine rings is 1. The van der Waals surface area contributed by atoms with Crippen LogP contribution in [0.15, 0.2) is 45.9 Å². The molecule has 0 radical (unpaired) electrons. The quantitative estimate of drug-likeness (QED) is 0.798. The van der Waals surface area contributed by atoms with Crippen LogP contribution in [0.5, 0.6) is 0 Å². The average molecular weight is 363 g/mol. The van der Waals surface area contributed by atoms with Gasteiger partial charge < -0.3 is 15.0 Å². The summed E-state index contributed by atoms with van der Waals surface area (Å²) in [6, 6.07) is 6.97. The zero-order valence-corrected chi connectivity index (χ0v) is 12.8. The van der Waals surface area contributed by atoms with Gasteiger partial charge in [0.2, 0.25) is 5.43 Å². The van der Waals surface area contributed by atoms with Crippen LogP contribution in [0.4, 0.5) is 5.69 Å². The van der Waals surface area contributed by atoms with Gasteiger partial charge in [-0.3, -0.25) is 9.59 Å². The van der Waals surface area contributed by atoms with Crippen LogP contribution in [-0.4, -0.2) is 23.0 Å². The molecule has 6 nitrogen and oxygen atoms in total. The van der Waals surface area contributed by atoms with E-state index in [2.05, 4.69) is 26.2 Å². The number of halogens is 1. The van der Waals surface area contributed by atoms with Crippen LogP contribution in [0.25, 0.3) is 0 Å². The molecule has 1 amide bonds. The van der Waals surface area contributed by atoms with Crippen molar-refractivity contribution in [2.24, 2.45) is 0 Å². The van der Waals surface area contributed by atoms with Gasteiger partial charge in [-0.25, -0.2) is 4.79 Å². The fourth-order valence-corrected chi connectivity index (χ4v) is 2.59. The van der Waals surface area contributed by atoms with Crippen LogP contribution in [0.2, 0.25) is 0 Å². The minimum atomic E-state index is -0.958. The Bertz CT molecular complexity index is 815. The minimum absolute atomic E-state index is 0.0919. The van der Waals surface area contributed by atoms with E-state index < -0.39 is 18.0 Å². The highest BCUT2D eigenvalue weighted by Gasteiger charge is 2.31. The van der Waals surface area contributed by atoms with Gasteiger partial charge in [-0.2, -0.15) is 0 Å². The molecule has 0 spiro atoms. The molecule has 1 atom stereocenters. The lowest BCUT2D eigenvalue weighted by Gasteiger charge is -2.23. The smallest absolute Gasteiger partial charge is 0.339 e. The highest BCUT2D eigenvalue weighted by Crippen LogP contribution is 2.21. The van der Waals surface area contributed by atoms with Gasteiger partial charge in [0, 0.05) is 18.8 Å². The van der Waals surface area contributed by atoms with Crippen molar-refractivity contribution >= 4 is 33.5 Å². The number of hydrogen-bond acceptors (Lipinski definition) is 4. The Kier molecular flexibility index (Phi) is 3.81. The number of rotatable bonds is 2. The molecule has 1 aliphatic rings. The molecule has 7 heteroatoms. The first-order chi connectivity index (χ1) is 10.6. The molecular weight excluding hydrogens is 352 g/mol. The number of nitrogens with one attached hydrogen (secondary N) is 2. The van der Waals surface area contributed by atoms with Crippen LogP contribution in [0.3, 0.4) is 0 Å². The summed E-state index contributed by atoms with van der Waals surface area (Å²) in [5.74, 6) is -1.07. The molecule has 0 aliphatic carbocycles. The van der Waals surface area contributed by atoms with Gasteiger partial charge in [0.25, 0.3) is 5.91 Å². The Morgan fingerprint density at radius 2 is 2.05 bits per heavy atom. The summed E-state index contributed by atoms with van der Waals surface area (Å²) in [5.41, 5.74) is 0.956. The topological polar surface area (TPSA) is 88.3 Å². The maximum atomic E-state index is 12.2. The van der Waals surface area contributed by atoms with Crippen molar-refractivity contribution in [2.45, 2.75) is 12.5 Å². The van der Waals surface area contributed by atoms with Crippen LogP contribution in [0, 0.1) is 0 Å². The third-order valence-corrected chi connectivity index (χ3v) is 3.93. The number of benzene rings is 1. The molecule has 0 bridgehead atoms. The molecule has 0 saturated carbocycles. The predicted octanol–water partition coefficient (Wildman–Crippen LogP) is 1.86. The molecule has 1 aromatic heterocycles. The first kappa shape index (κ1) is 14.5. The third-order valence-electron chi connectivity index (χ3n) is 3.34.